The van der Waals surface area contributed by atoms with Crippen LogP contribution in [-0.4, -0.2) is 33.7 Å². The van der Waals surface area contributed by atoms with Crippen LogP contribution in [0, 0.1) is 18.4 Å². The molecule has 0 unspecified atom stereocenters. The van der Waals surface area contributed by atoms with E-state index in [0.29, 0.717) is 30.1 Å². The minimum Gasteiger partial charge on any atom is -0.342 e. The van der Waals surface area contributed by atoms with E-state index in [1.807, 2.05) is 18.2 Å². The zero-order valence-corrected chi connectivity index (χ0v) is 15.1. The zero-order chi connectivity index (χ0) is 18.4. The lowest BCUT2D eigenvalue weighted by molar-refractivity contribution is 0.453. The van der Waals surface area contributed by atoms with Crippen molar-refractivity contribution in [3.05, 3.63) is 59.7 Å². The van der Waals surface area contributed by atoms with Gasteiger partial charge in [-0.05, 0) is 42.9 Å². The molecule has 1 aromatic carbocycles. The molecule has 2 aliphatic rings. The Morgan fingerprint density at radius 3 is 2.81 bits per heavy atom. The molecule has 0 spiro atoms. The van der Waals surface area contributed by atoms with Crippen LogP contribution in [0.1, 0.15) is 18.5 Å². The van der Waals surface area contributed by atoms with Crippen LogP contribution in [0.2, 0.25) is 0 Å². The van der Waals surface area contributed by atoms with Gasteiger partial charge in [-0.2, -0.15) is 0 Å². The van der Waals surface area contributed by atoms with Crippen molar-refractivity contribution in [1.82, 2.24) is 14.5 Å². The van der Waals surface area contributed by atoms with Gasteiger partial charge in [-0.1, -0.05) is 18.2 Å². The molecule has 1 aliphatic heterocycles. The Balaban J connectivity index is 1.52. The summed E-state index contributed by atoms with van der Waals surface area (Å²) in [6.45, 7) is 9.76. The van der Waals surface area contributed by atoms with E-state index in [4.69, 9.17) is 17.3 Å². The summed E-state index contributed by atoms with van der Waals surface area (Å²) in [5, 5.41) is 0. The van der Waals surface area contributed by atoms with Gasteiger partial charge in [0.2, 0.25) is 11.6 Å². The Bertz CT molecular complexity index is 1020. The molecule has 0 amide bonds. The molecule has 6 nitrogen and oxygen atoms in total. The van der Waals surface area contributed by atoms with Gasteiger partial charge < -0.3 is 15.2 Å². The van der Waals surface area contributed by atoms with Gasteiger partial charge in [-0.25, -0.2) is 9.83 Å². The molecule has 0 radical (unpaired) electrons. The summed E-state index contributed by atoms with van der Waals surface area (Å²) in [5.74, 6) is 2.27. The van der Waals surface area contributed by atoms with E-state index in [2.05, 4.69) is 37.5 Å². The summed E-state index contributed by atoms with van der Waals surface area (Å²) in [5.41, 5.74) is 9.96. The smallest absolute Gasteiger partial charge is 0.206 e. The number of aromatic nitrogens is 3. The van der Waals surface area contributed by atoms with Gasteiger partial charge in [-0.15, -0.1) is 0 Å². The second-order valence-corrected chi connectivity index (χ2v) is 7.68. The first-order valence-corrected chi connectivity index (χ1v) is 9.51. The van der Waals surface area contributed by atoms with E-state index in [9.17, 15) is 0 Å². The van der Waals surface area contributed by atoms with Crippen molar-refractivity contribution < 1.29 is 0 Å². The average molecular weight is 358 g/mol. The monoisotopic (exact) mass is 358 g/mol. The Morgan fingerprint density at radius 2 is 2.04 bits per heavy atom. The highest BCUT2D eigenvalue weighted by molar-refractivity contribution is 5.79. The molecule has 6 heteroatoms. The maximum absolute atomic E-state index is 7.10. The first kappa shape index (κ1) is 16.3. The minimum absolute atomic E-state index is 0.320. The number of nitrogens with two attached hydrogens (primary N) is 1. The highest BCUT2D eigenvalue weighted by Crippen LogP contribution is 2.39. The fraction of sp³-hybridized carbons (Fsp3) is 0.381. The molecule has 2 fully saturated rings. The van der Waals surface area contributed by atoms with Crippen LogP contribution in [0.3, 0.4) is 0 Å². The van der Waals surface area contributed by atoms with Crippen LogP contribution in [0.15, 0.2) is 42.6 Å². The van der Waals surface area contributed by atoms with Crippen LogP contribution < -0.4 is 10.6 Å². The molecule has 3 atom stereocenters. The van der Waals surface area contributed by atoms with Crippen molar-refractivity contribution in [3.8, 4) is 0 Å². The van der Waals surface area contributed by atoms with Crippen molar-refractivity contribution >= 4 is 22.7 Å². The van der Waals surface area contributed by atoms with E-state index < -0.39 is 0 Å². The second-order valence-electron chi connectivity index (χ2n) is 7.68. The molecule has 1 aliphatic carbocycles. The van der Waals surface area contributed by atoms with E-state index >= 15 is 0 Å². The molecule has 136 valence electrons. The number of imidazole rings is 1. The molecule has 1 saturated carbocycles. The fourth-order valence-corrected chi connectivity index (χ4v) is 4.67. The van der Waals surface area contributed by atoms with Crippen molar-refractivity contribution in [2.45, 2.75) is 25.4 Å². The summed E-state index contributed by atoms with van der Waals surface area (Å²) in [6, 6.07) is 12.3. The molecule has 0 bridgehead atoms. The normalized spacial score (nSPS) is 24.3. The maximum Gasteiger partial charge on any atom is 0.206 e. The summed E-state index contributed by atoms with van der Waals surface area (Å²) < 4.78 is 2.25. The van der Waals surface area contributed by atoms with E-state index in [0.717, 1.165) is 42.2 Å². The highest BCUT2D eigenvalue weighted by atomic mass is 15.3. The molecule has 1 saturated heterocycles. The SMILES string of the molecule is [C-]#[N+]c1ccc(Cn2c(N3C[C@H]4CC[C@H](N)[C@H]4C3)nc3ccccc32)nc1. The number of pyridine rings is 1. The number of fused-ring (bicyclic) bond motifs is 2. The standard InChI is InChI=1S/C21H22N6/c1-23-15-7-8-16(24-10-15)12-27-20-5-3-2-4-19(20)25-21(27)26-11-14-6-9-18(22)17(14)13-26/h2-5,7-8,10,14,17-18H,6,9,11-13,22H2/t14-,17+,18+/m1/s1. The van der Waals surface area contributed by atoms with Crippen molar-refractivity contribution in [2.75, 3.05) is 18.0 Å². The summed E-state index contributed by atoms with van der Waals surface area (Å²) in [6.07, 6.45) is 4.01. The number of nitrogens with zero attached hydrogens (tertiary/aromatic N) is 5. The van der Waals surface area contributed by atoms with Crippen LogP contribution in [0.4, 0.5) is 11.6 Å². The number of benzene rings is 1. The van der Waals surface area contributed by atoms with Crippen LogP contribution in [0.25, 0.3) is 15.9 Å². The van der Waals surface area contributed by atoms with Gasteiger partial charge in [0, 0.05) is 25.3 Å². The lowest BCUT2D eigenvalue weighted by atomic mass is 9.98. The van der Waals surface area contributed by atoms with E-state index in [-0.39, 0.29) is 0 Å². The van der Waals surface area contributed by atoms with Crippen LogP contribution in [-0.2, 0) is 6.54 Å². The predicted octanol–water partition coefficient (Wildman–Crippen LogP) is 3.20. The number of anilines is 1. The topological polar surface area (TPSA) is 64.3 Å². The Morgan fingerprint density at radius 1 is 1.15 bits per heavy atom. The second kappa shape index (κ2) is 6.36. The molecule has 2 aromatic heterocycles. The minimum atomic E-state index is 0.320. The van der Waals surface area contributed by atoms with E-state index in [1.54, 1.807) is 6.20 Å². The number of para-hydroxylation sites is 2. The molecule has 5 rings (SSSR count). The number of rotatable bonds is 3. The molecule has 3 aromatic rings. The third-order valence-electron chi connectivity index (χ3n) is 6.09. The van der Waals surface area contributed by atoms with Crippen LogP contribution >= 0.6 is 0 Å². The Hall–Kier alpha value is -2.91. The third-order valence-corrected chi connectivity index (χ3v) is 6.09. The van der Waals surface area contributed by atoms with Gasteiger partial charge in [0.15, 0.2) is 0 Å². The molecule has 27 heavy (non-hydrogen) atoms. The Labute approximate surface area is 158 Å². The van der Waals surface area contributed by atoms with Gasteiger partial charge in [0.1, 0.15) is 0 Å². The van der Waals surface area contributed by atoms with Gasteiger partial charge in [0.05, 0.1) is 29.8 Å². The first-order valence-electron chi connectivity index (χ1n) is 9.51. The average Bonchev–Trinajstić information content (AvgIpc) is 3.37. The van der Waals surface area contributed by atoms with Crippen molar-refractivity contribution in [1.29, 1.82) is 0 Å². The van der Waals surface area contributed by atoms with Gasteiger partial charge >= 0.3 is 0 Å². The third kappa shape index (κ3) is 2.75. The summed E-state index contributed by atoms with van der Waals surface area (Å²) in [4.78, 5) is 15.2. The molecule has 2 N–H and O–H groups in total. The molecular weight excluding hydrogens is 336 g/mol. The largest absolute Gasteiger partial charge is 0.342 e. The van der Waals surface area contributed by atoms with E-state index in [1.165, 1.54) is 6.42 Å². The Kier molecular flexibility index (Phi) is 3.83. The summed E-state index contributed by atoms with van der Waals surface area (Å²) >= 11 is 0. The maximum atomic E-state index is 7.10. The van der Waals surface area contributed by atoms with Gasteiger partial charge in [0.25, 0.3) is 0 Å². The first-order chi connectivity index (χ1) is 13.2. The highest BCUT2D eigenvalue weighted by Gasteiger charge is 2.42. The number of hydrogen-bond donors (Lipinski definition) is 1. The quantitative estimate of drug-likeness (QED) is 0.730. The molecule has 3 heterocycles. The predicted molar refractivity (Wildman–Crippen MR) is 106 cm³/mol. The summed E-state index contributed by atoms with van der Waals surface area (Å²) in [7, 11) is 0. The van der Waals surface area contributed by atoms with Gasteiger partial charge in [-0.3, -0.25) is 4.98 Å². The molecular formula is C21H22N6. The lowest BCUT2D eigenvalue weighted by Crippen LogP contribution is -2.31. The zero-order valence-electron chi connectivity index (χ0n) is 15.1. The van der Waals surface area contributed by atoms with Crippen molar-refractivity contribution in [2.24, 2.45) is 17.6 Å². The van der Waals surface area contributed by atoms with Crippen molar-refractivity contribution in [3.63, 3.8) is 0 Å². The van der Waals surface area contributed by atoms with Crippen LogP contribution in [0.5, 0.6) is 0 Å². The fourth-order valence-electron chi connectivity index (χ4n) is 4.67. The lowest BCUT2D eigenvalue weighted by Gasteiger charge is -2.21. The number of hydrogen-bond acceptors (Lipinski definition) is 4.